The van der Waals surface area contributed by atoms with Gasteiger partial charge in [-0.05, 0) is 57.9 Å². The van der Waals surface area contributed by atoms with E-state index in [1.54, 1.807) is 15.4 Å². The summed E-state index contributed by atoms with van der Waals surface area (Å²) in [5, 5.41) is 8.50. The second-order valence-corrected chi connectivity index (χ2v) is 9.59. The van der Waals surface area contributed by atoms with Crippen molar-refractivity contribution in [3.63, 3.8) is 0 Å². The molecule has 0 spiro atoms. The molecule has 1 aliphatic rings. The summed E-state index contributed by atoms with van der Waals surface area (Å²) >= 11 is 1.51. The SMILES string of the molecule is Cc1ccc(-n2ncc3c(=O)n4c(nc32)SCC4CC(=O)NC(C)(C)C)cc1C. The van der Waals surface area contributed by atoms with E-state index >= 15 is 0 Å². The van der Waals surface area contributed by atoms with Gasteiger partial charge in [-0.2, -0.15) is 5.10 Å². The minimum absolute atomic E-state index is 0.0613. The highest BCUT2D eigenvalue weighted by atomic mass is 32.2. The van der Waals surface area contributed by atoms with Crippen LogP contribution in [0.1, 0.15) is 44.4 Å². The Bertz CT molecular complexity index is 1170. The van der Waals surface area contributed by atoms with E-state index < -0.39 is 0 Å². The lowest BCUT2D eigenvalue weighted by Crippen LogP contribution is -2.42. The largest absolute Gasteiger partial charge is 0.351 e. The number of carbonyl (C=O) groups excluding carboxylic acids is 1. The van der Waals surface area contributed by atoms with Gasteiger partial charge in [-0.1, -0.05) is 17.8 Å². The zero-order valence-corrected chi connectivity index (χ0v) is 18.1. The highest BCUT2D eigenvalue weighted by Crippen LogP contribution is 2.33. The van der Waals surface area contributed by atoms with E-state index in [0.717, 1.165) is 11.3 Å². The van der Waals surface area contributed by atoms with Crippen LogP contribution in [0.3, 0.4) is 0 Å². The van der Waals surface area contributed by atoms with Gasteiger partial charge in [-0.15, -0.1) is 0 Å². The van der Waals surface area contributed by atoms with Crippen molar-refractivity contribution in [2.45, 2.75) is 57.8 Å². The van der Waals surface area contributed by atoms with Gasteiger partial charge >= 0.3 is 0 Å². The van der Waals surface area contributed by atoms with Gasteiger partial charge in [0.2, 0.25) is 5.91 Å². The van der Waals surface area contributed by atoms with Gasteiger partial charge in [0.15, 0.2) is 10.8 Å². The molecular weight excluding hydrogens is 386 g/mol. The van der Waals surface area contributed by atoms with Gasteiger partial charge in [0.05, 0.1) is 17.9 Å². The van der Waals surface area contributed by atoms with Crippen LogP contribution in [0.2, 0.25) is 0 Å². The number of aryl methyl sites for hydroxylation is 2. The van der Waals surface area contributed by atoms with Crippen LogP contribution in [0.5, 0.6) is 0 Å². The van der Waals surface area contributed by atoms with Gasteiger partial charge in [-0.25, -0.2) is 9.67 Å². The molecule has 8 heteroatoms. The van der Waals surface area contributed by atoms with Crippen LogP contribution >= 0.6 is 11.8 Å². The summed E-state index contributed by atoms with van der Waals surface area (Å²) in [5.74, 6) is 0.595. The predicted molar refractivity (Wildman–Crippen MR) is 115 cm³/mol. The van der Waals surface area contributed by atoms with Crippen LogP contribution in [0.15, 0.2) is 34.3 Å². The molecule has 1 aliphatic heterocycles. The first-order valence-corrected chi connectivity index (χ1v) is 10.6. The van der Waals surface area contributed by atoms with Crippen molar-refractivity contribution in [2.75, 3.05) is 5.75 Å². The summed E-state index contributed by atoms with van der Waals surface area (Å²) in [4.78, 5) is 30.3. The van der Waals surface area contributed by atoms with Crippen molar-refractivity contribution in [1.82, 2.24) is 24.6 Å². The van der Waals surface area contributed by atoms with Crippen LogP contribution in [0.25, 0.3) is 16.7 Å². The molecule has 1 atom stereocenters. The molecule has 0 saturated carbocycles. The van der Waals surface area contributed by atoms with E-state index in [2.05, 4.69) is 17.3 Å². The number of fused-ring (bicyclic) bond motifs is 2. The summed E-state index contributed by atoms with van der Waals surface area (Å²) < 4.78 is 3.37. The smallest absolute Gasteiger partial charge is 0.265 e. The molecule has 4 rings (SSSR count). The zero-order chi connectivity index (χ0) is 20.9. The number of nitrogens with one attached hydrogen (secondary N) is 1. The third kappa shape index (κ3) is 3.69. The summed E-state index contributed by atoms with van der Waals surface area (Å²) in [6, 6.07) is 5.86. The molecule has 2 aromatic heterocycles. The maximum Gasteiger partial charge on any atom is 0.265 e. The van der Waals surface area contributed by atoms with E-state index in [-0.39, 0.29) is 29.5 Å². The molecule has 1 aromatic carbocycles. The second kappa shape index (κ2) is 7.02. The quantitative estimate of drug-likeness (QED) is 0.670. The minimum Gasteiger partial charge on any atom is -0.351 e. The van der Waals surface area contributed by atoms with Crippen LogP contribution in [-0.2, 0) is 4.79 Å². The first-order valence-electron chi connectivity index (χ1n) is 9.66. The van der Waals surface area contributed by atoms with Gasteiger partial charge in [0.25, 0.3) is 5.56 Å². The number of hydrogen-bond acceptors (Lipinski definition) is 5. The first kappa shape index (κ1) is 19.7. The van der Waals surface area contributed by atoms with E-state index in [9.17, 15) is 9.59 Å². The Morgan fingerprint density at radius 1 is 1.28 bits per heavy atom. The fourth-order valence-electron chi connectivity index (χ4n) is 3.51. The molecule has 0 aliphatic carbocycles. The predicted octanol–water partition coefficient (Wildman–Crippen LogP) is 3.15. The van der Waals surface area contributed by atoms with Crippen molar-refractivity contribution in [3.8, 4) is 5.69 Å². The van der Waals surface area contributed by atoms with Crippen LogP contribution < -0.4 is 10.9 Å². The fourth-order valence-corrected chi connectivity index (χ4v) is 4.64. The average molecular weight is 412 g/mol. The van der Waals surface area contributed by atoms with Gasteiger partial charge in [-0.3, -0.25) is 14.2 Å². The Labute approximate surface area is 173 Å². The summed E-state index contributed by atoms with van der Waals surface area (Å²) in [7, 11) is 0. The third-order valence-corrected chi connectivity index (χ3v) is 6.14. The molecule has 3 aromatic rings. The Hall–Kier alpha value is -2.61. The summed E-state index contributed by atoms with van der Waals surface area (Å²) in [5.41, 5.74) is 3.35. The van der Waals surface area contributed by atoms with Gasteiger partial charge < -0.3 is 5.32 Å². The standard InChI is InChI=1S/C21H25N5O2S/c1-12-6-7-14(8-13(12)2)26-18-16(10-22-26)19(28)25-15(11-29-20(25)23-18)9-17(27)24-21(3,4)5/h6-8,10,15H,9,11H2,1-5H3,(H,24,27). The van der Waals surface area contributed by atoms with E-state index in [1.807, 2.05) is 45.9 Å². The third-order valence-electron chi connectivity index (χ3n) is 5.04. The number of amides is 1. The number of rotatable bonds is 3. The first-order chi connectivity index (χ1) is 13.6. The monoisotopic (exact) mass is 411 g/mol. The van der Waals surface area contributed by atoms with Gasteiger partial charge in [0.1, 0.15) is 5.39 Å². The van der Waals surface area contributed by atoms with Crippen molar-refractivity contribution < 1.29 is 4.79 Å². The summed E-state index contributed by atoms with van der Waals surface area (Å²) in [6.07, 6.45) is 1.83. The van der Waals surface area contributed by atoms with Crippen molar-refractivity contribution in [2.24, 2.45) is 0 Å². The average Bonchev–Trinajstić information content (AvgIpc) is 3.21. The molecule has 0 fully saturated rings. The number of nitrogens with zero attached hydrogens (tertiary/aromatic N) is 4. The topological polar surface area (TPSA) is 81.8 Å². The lowest BCUT2D eigenvalue weighted by atomic mass is 10.1. The maximum atomic E-state index is 13.2. The summed E-state index contributed by atoms with van der Waals surface area (Å²) in [6.45, 7) is 9.94. The van der Waals surface area contributed by atoms with E-state index in [4.69, 9.17) is 4.98 Å². The Morgan fingerprint density at radius 3 is 2.72 bits per heavy atom. The van der Waals surface area contributed by atoms with Crippen molar-refractivity contribution >= 4 is 28.7 Å². The Kier molecular flexibility index (Phi) is 4.77. The number of aromatic nitrogens is 4. The number of thioether (sulfide) groups is 1. The molecule has 1 unspecified atom stereocenters. The fraction of sp³-hybridized carbons (Fsp3) is 0.429. The van der Waals surface area contributed by atoms with Crippen LogP contribution in [-0.4, -0.2) is 36.5 Å². The highest BCUT2D eigenvalue weighted by molar-refractivity contribution is 7.99. The Balaban J connectivity index is 1.72. The highest BCUT2D eigenvalue weighted by Gasteiger charge is 2.30. The van der Waals surface area contributed by atoms with E-state index in [0.29, 0.717) is 21.9 Å². The zero-order valence-electron chi connectivity index (χ0n) is 17.3. The van der Waals surface area contributed by atoms with Crippen molar-refractivity contribution in [1.29, 1.82) is 0 Å². The molecule has 1 amide bonds. The molecule has 0 saturated heterocycles. The number of benzene rings is 1. The Morgan fingerprint density at radius 2 is 2.03 bits per heavy atom. The minimum atomic E-state index is -0.299. The molecule has 3 heterocycles. The number of carbonyl (C=O) groups is 1. The van der Waals surface area contributed by atoms with Crippen LogP contribution in [0.4, 0.5) is 0 Å². The molecule has 29 heavy (non-hydrogen) atoms. The van der Waals surface area contributed by atoms with E-state index in [1.165, 1.54) is 17.3 Å². The van der Waals surface area contributed by atoms with Gasteiger partial charge in [0, 0.05) is 17.7 Å². The maximum absolute atomic E-state index is 13.2. The molecule has 1 N–H and O–H groups in total. The molecule has 0 radical (unpaired) electrons. The lowest BCUT2D eigenvalue weighted by molar-refractivity contribution is -0.123. The lowest BCUT2D eigenvalue weighted by Gasteiger charge is -2.22. The molecule has 7 nitrogen and oxygen atoms in total. The normalized spacial score (nSPS) is 16.2. The van der Waals surface area contributed by atoms with Crippen LogP contribution in [0, 0.1) is 13.8 Å². The molecule has 152 valence electrons. The second-order valence-electron chi connectivity index (χ2n) is 8.60. The molecular formula is C21H25N5O2S. The number of hydrogen-bond donors (Lipinski definition) is 1. The molecule has 0 bridgehead atoms. The van der Waals surface area contributed by atoms with Crippen molar-refractivity contribution in [3.05, 3.63) is 45.9 Å².